The molecule has 4 heteroatoms. The molecule has 0 fully saturated rings. The highest BCUT2D eigenvalue weighted by Crippen LogP contribution is 2.10. The van der Waals surface area contributed by atoms with Crippen LogP contribution in [-0.4, -0.2) is 18.7 Å². The molecule has 23 heavy (non-hydrogen) atoms. The van der Waals surface area contributed by atoms with Gasteiger partial charge in [-0.2, -0.15) is 5.10 Å². The van der Waals surface area contributed by atoms with Crippen LogP contribution in [0.3, 0.4) is 0 Å². The van der Waals surface area contributed by atoms with Crippen LogP contribution in [0.25, 0.3) is 0 Å². The molecule has 0 saturated heterocycles. The van der Waals surface area contributed by atoms with E-state index < -0.39 is 0 Å². The fourth-order valence-electron chi connectivity index (χ4n) is 1.94. The maximum absolute atomic E-state index is 11.7. The van der Waals surface area contributed by atoms with Gasteiger partial charge >= 0.3 is 0 Å². The van der Waals surface area contributed by atoms with Crippen molar-refractivity contribution >= 4 is 12.1 Å². The topological polar surface area (TPSA) is 50.7 Å². The van der Waals surface area contributed by atoms with E-state index in [1.807, 2.05) is 54.6 Å². The van der Waals surface area contributed by atoms with Gasteiger partial charge in [-0.1, -0.05) is 43.0 Å². The Labute approximate surface area is 136 Å². The number of amides is 1. The van der Waals surface area contributed by atoms with E-state index in [9.17, 15) is 4.79 Å². The first-order valence-corrected chi connectivity index (χ1v) is 7.47. The molecule has 0 aromatic heterocycles. The van der Waals surface area contributed by atoms with Crippen molar-refractivity contribution in [2.45, 2.75) is 12.8 Å². The Hall–Kier alpha value is -2.88. The molecule has 0 heterocycles. The zero-order chi connectivity index (χ0) is 16.3. The molecule has 0 aliphatic carbocycles. The molecule has 0 spiro atoms. The fraction of sp³-hybridized carbons (Fsp3) is 0.158. The Balaban J connectivity index is 1.74. The Kier molecular flexibility index (Phi) is 6.60. The monoisotopic (exact) mass is 308 g/mol. The van der Waals surface area contributed by atoms with Crippen molar-refractivity contribution in [1.82, 2.24) is 5.43 Å². The van der Waals surface area contributed by atoms with Gasteiger partial charge in [-0.15, -0.1) is 0 Å². The predicted molar refractivity (Wildman–Crippen MR) is 92.6 cm³/mol. The molecule has 4 nitrogen and oxygen atoms in total. The number of hydrogen-bond acceptors (Lipinski definition) is 3. The number of nitrogens with one attached hydrogen (secondary N) is 1. The van der Waals surface area contributed by atoms with E-state index in [4.69, 9.17) is 4.74 Å². The van der Waals surface area contributed by atoms with Gasteiger partial charge in [0, 0.05) is 6.42 Å². The second-order valence-electron chi connectivity index (χ2n) is 4.95. The lowest BCUT2D eigenvalue weighted by atomic mass is 10.1. The first-order valence-electron chi connectivity index (χ1n) is 7.47. The van der Waals surface area contributed by atoms with Crippen LogP contribution in [-0.2, 0) is 11.2 Å². The van der Waals surface area contributed by atoms with E-state index in [-0.39, 0.29) is 5.91 Å². The quantitative estimate of drug-likeness (QED) is 0.462. The number of nitrogens with zero attached hydrogens (tertiary/aromatic N) is 1. The van der Waals surface area contributed by atoms with Crippen LogP contribution in [0.15, 0.2) is 72.4 Å². The number of ether oxygens (including phenoxy) is 1. The molecule has 2 aromatic rings. The summed E-state index contributed by atoms with van der Waals surface area (Å²) in [4.78, 5) is 11.7. The summed E-state index contributed by atoms with van der Waals surface area (Å²) in [5, 5.41) is 3.96. The normalized spacial score (nSPS) is 10.4. The lowest BCUT2D eigenvalue weighted by molar-refractivity contribution is -0.121. The molecule has 0 saturated carbocycles. The second-order valence-corrected chi connectivity index (χ2v) is 4.95. The SMILES string of the molecule is C=CCOc1ccc(/C=N\NC(=O)CCc2ccccc2)cc1. The molecular formula is C19H20N2O2. The van der Waals surface area contributed by atoms with Gasteiger partial charge in [0.1, 0.15) is 12.4 Å². The standard InChI is InChI=1S/C19H20N2O2/c1-2-14-23-18-11-8-17(9-12-18)15-20-21-19(22)13-10-16-6-4-3-5-7-16/h2-9,11-12,15H,1,10,13-14H2,(H,21,22)/b20-15-. The second kappa shape index (κ2) is 9.20. The van der Waals surface area contributed by atoms with Crippen LogP contribution in [0, 0.1) is 0 Å². The molecule has 0 atom stereocenters. The van der Waals surface area contributed by atoms with Crippen LogP contribution < -0.4 is 10.2 Å². The third kappa shape index (κ3) is 6.18. The van der Waals surface area contributed by atoms with Crippen molar-refractivity contribution in [2.75, 3.05) is 6.61 Å². The Morgan fingerprint density at radius 3 is 2.57 bits per heavy atom. The summed E-state index contributed by atoms with van der Waals surface area (Å²) in [6.07, 6.45) is 4.42. The first-order chi connectivity index (χ1) is 11.3. The zero-order valence-corrected chi connectivity index (χ0v) is 12.9. The van der Waals surface area contributed by atoms with Gasteiger partial charge in [-0.05, 0) is 41.8 Å². The average Bonchev–Trinajstić information content (AvgIpc) is 2.60. The van der Waals surface area contributed by atoms with Gasteiger partial charge in [-0.25, -0.2) is 5.43 Å². The molecule has 0 bridgehead atoms. The van der Waals surface area contributed by atoms with Crippen LogP contribution >= 0.6 is 0 Å². The molecule has 0 aliphatic rings. The minimum absolute atomic E-state index is 0.101. The zero-order valence-electron chi connectivity index (χ0n) is 12.9. The summed E-state index contributed by atoms with van der Waals surface area (Å²) in [6.45, 7) is 4.08. The lowest BCUT2D eigenvalue weighted by Gasteiger charge is -2.03. The first kappa shape index (κ1) is 16.5. The number of hydrogen-bond donors (Lipinski definition) is 1. The summed E-state index contributed by atoms with van der Waals surface area (Å²) in [7, 11) is 0. The van der Waals surface area contributed by atoms with Crippen molar-refractivity contribution in [3.8, 4) is 5.75 Å². The number of carbonyl (C=O) groups excluding carboxylic acids is 1. The molecule has 0 unspecified atom stereocenters. The fourth-order valence-corrected chi connectivity index (χ4v) is 1.94. The smallest absolute Gasteiger partial charge is 0.240 e. The number of carbonyl (C=O) groups is 1. The summed E-state index contributed by atoms with van der Waals surface area (Å²) in [5.41, 5.74) is 4.57. The summed E-state index contributed by atoms with van der Waals surface area (Å²) in [6, 6.07) is 17.3. The van der Waals surface area contributed by atoms with E-state index in [0.29, 0.717) is 19.4 Å². The van der Waals surface area contributed by atoms with Crippen molar-refractivity contribution in [1.29, 1.82) is 0 Å². The molecule has 2 rings (SSSR count). The van der Waals surface area contributed by atoms with Crippen molar-refractivity contribution in [3.05, 3.63) is 78.4 Å². The van der Waals surface area contributed by atoms with E-state index in [0.717, 1.165) is 16.9 Å². The minimum Gasteiger partial charge on any atom is -0.490 e. The molecule has 0 radical (unpaired) electrons. The van der Waals surface area contributed by atoms with Crippen LogP contribution in [0.4, 0.5) is 0 Å². The predicted octanol–water partition coefficient (Wildman–Crippen LogP) is 3.33. The van der Waals surface area contributed by atoms with Gasteiger partial charge in [0.15, 0.2) is 0 Å². The Bertz CT molecular complexity index is 649. The third-order valence-electron chi connectivity index (χ3n) is 3.13. The summed E-state index contributed by atoms with van der Waals surface area (Å²) >= 11 is 0. The van der Waals surface area contributed by atoms with Gasteiger partial charge in [0.25, 0.3) is 0 Å². The Morgan fingerprint density at radius 2 is 1.87 bits per heavy atom. The maximum atomic E-state index is 11.7. The van der Waals surface area contributed by atoms with Crippen molar-refractivity contribution < 1.29 is 9.53 Å². The third-order valence-corrected chi connectivity index (χ3v) is 3.13. The van der Waals surface area contributed by atoms with E-state index in [2.05, 4.69) is 17.1 Å². The van der Waals surface area contributed by atoms with E-state index in [1.54, 1.807) is 12.3 Å². The molecular weight excluding hydrogens is 288 g/mol. The highest BCUT2D eigenvalue weighted by Gasteiger charge is 2.00. The summed E-state index contributed by atoms with van der Waals surface area (Å²) in [5.74, 6) is 0.671. The van der Waals surface area contributed by atoms with E-state index >= 15 is 0 Å². The number of benzene rings is 2. The van der Waals surface area contributed by atoms with Crippen LogP contribution in [0.2, 0.25) is 0 Å². The number of aryl methyl sites for hydroxylation is 1. The largest absolute Gasteiger partial charge is 0.490 e. The summed E-state index contributed by atoms with van der Waals surface area (Å²) < 4.78 is 5.39. The van der Waals surface area contributed by atoms with Gasteiger partial charge in [-0.3, -0.25) is 4.79 Å². The number of rotatable bonds is 8. The van der Waals surface area contributed by atoms with Gasteiger partial charge in [0.2, 0.25) is 5.91 Å². The minimum atomic E-state index is -0.101. The highest BCUT2D eigenvalue weighted by molar-refractivity contribution is 5.82. The van der Waals surface area contributed by atoms with Gasteiger partial charge in [0.05, 0.1) is 6.21 Å². The molecule has 0 aliphatic heterocycles. The maximum Gasteiger partial charge on any atom is 0.240 e. The molecule has 118 valence electrons. The van der Waals surface area contributed by atoms with Crippen LogP contribution in [0.5, 0.6) is 5.75 Å². The van der Waals surface area contributed by atoms with Crippen LogP contribution in [0.1, 0.15) is 17.5 Å². The molecule has 2 aromatic carbocycles. The van der Waals surface area contributed by atoms with Crippen molar-refractivity contribution in [2.24, 2.45) is 5.10 Å². The lowest BCUT2D eigenvalue weighted by Crippen LogP contribution is -2.17. The molecule has 1 N–H and O–H groups in total. The van der Waals surface area contributed by atoms with E-state index in [1.165, 1.54) is 0 Å². The van der Waals surface area contributed by atoms with Gasteiger partial charge < -0.3 is 4.74 Å². The molecule has 1 amide bonds. The highest BCUT2D eigenvalue weighted by atomic mass is 16.5. The number of hydrazone groups is 1. The average molecular weight is 308 g/mol. The van der Waals surface area contributed by atoms with Crippen molar-refractivity contribution in [3.63, 3.8) is 0 Å². The Morgan fingerprint density at radius 1 is 1.13 bits per heavy atom.